The van der Waals surface area contributed by atoms with E-state index in [0.29, 0.717) is 13.0 Å². The molecule has 22 heavy (non-hydrogen) atoms. The SMILES string of the molecule is C[C@@H](NC(=O)NCCCC(N)=O)c1cccc2ccccc12. The third kappa shape index (κ3) is 4.22. The van der Waals surface area contributed by atoms with Crippen LogP contribution in [0.4, 0.5) is 4.79 Å². The van der Waals surface area contributed by atoms with Crippen LogP contribution in [-0.4, -0.2) is 18.5 Å². The zero-order valence-electron chi connectivity index (χ0n) is 12.6. The number of hydrogen-bond donors (Lipinski definition) is 3. The van der Waals surface area contributed by atoms with E-state index in [1.165, 1.54) is 0 Å². The van der Waals surface area contributed by atoms with Crippen molar-refractivity contribution in [2.75, 3.05) is 6.54 Å². The molecule has 0 saturated heterocycles. The molecule has 4 N–H and O–H groups in total. The highest BCUT2D eigenvalue weighted by Crippen LogP contribution is 2.23. The Bertz CT molecular complexity index is 665. The van der Waals surface area contributed by atoms with Crippen LogP contribution >= 0.6 is 0 Å². The lowest BCUT2D eigenvalue weighted by Gasteiger charge is -2.17. The van der Waals surface area contributed by atoms with Gasteiger partial charge in [-0.1, -0.05) is 42.5 Å². The van der Waals surface area contributed by atoms with Crippen LogP contribution in [0, 0.1) is 0 Å². The van der Waals surface area contributed by atoms with Crippen molar-refractivity contribution in [3.05, 3.63) is 48.0 Å². The summed E-state index contributed by atoms with van der Waals surface area (Å²) in [5.41, 5.74) is 6.13. The van der Waals surface area contributed by atoms with Crippen molar-refractivity contribution in [1.29, 1.82) is 0 Å². The Labute approximate surface area is 129 Å². The Hall–Kier alpha value is -2.56. The second-order valence-electron chi connectivity index (χ2n) is 5.26. The molecule has 2 aromatic rings. The molecule has 2 rings (SSSR count). The molecule has 0 unspecified atom stereocenters. The molecule has 0 spiro atoms. The molecule has 0 heterocycles. The number of fused-ring (bicyclic) bond motifs is 1. The molecule has 0 aromatic heterocycles. The maximum atomic E-state index is 11.9. The number of primary amides is 1. The Morgan fingerprint density at radius 1 is 1.14 bits per heavy atom. The van der Waals surface area contributed by atoms with Crippen LogP contribution in [0.5, 0.6) is 0 Å². The standard InChI is InChI=1S/C17H21N3O2/c1-12(20-17(22)19-11-5-10-16(18)21)14-9-4-7-13-6-2-3-8-15(13)14/h2-4,6-9,12H,5,10-11H2,1H3,(H2,18,21)(H2,19,20,22)/t12-/m1/s1. The van der Waals surface area contributed by atoms with Gasteiger partial charge >= 0.3 is 6.03 Å². The molecule has 5 heteroatoms. The van der Waals surface area contributed by atoms with Crippen LogP contribution in [0.25, 0.3) is 10.8 Å². The summed E-state index contributed by atoms with van der Waals surface area (Å²) in [5, 5.41) is 7.92. The first-order valence-electron chi connectivity index (χ1n) is 7.38. The summed E-state index contributed by atoms with van der Waals surface area (Å²) >= 11 is 0. The lowest BCUT2D eigenvalue weighted by atomic mass is 10.00. The number of nitrogens with one attached hydrogen (secondary N) is 2. The number of rotatable bonds is 6. The van der Waals surface area contributed by atoms with Crippen LogP contribution in [0.1, 0.15) is 31.4 Å². The van der Waals surface area contributed by atoms with Gasteiger partial charge in [0.25, 0.3) is 0 Å². The number of carbonyl (C=O) groups is 2. The van der Waals surface area contributed by atoms with E-state index < -0.39 is 0 Å². The zero-order valence-corrected chi connectivity index (χ0v) is 12.6. The maximum Gasteiger partial charge on any atom is 0.315 e. The van der Waals surface area contributed by atoms with Crippen molar-refractivity contribution in [1.82, 2.24) is 10.6 Å². The normalized spacial score (nSPS) is 11.9. The minimum atomic E-state index is -0.355. The third-order valence-corrected chi connectivity index (χ3v) is 3.52. The molecule has 3 amide bonds. The third-order valence-electron chi connectivity index (χ3n) is 3.52. The summed E-state index contributed by atoms with van der Waals surface area (Å²) in [6, 6.07) is 13.8. The van der Waals surface area contributed by atoms with Crippen molar-refractivity contribution in [2.45, 2.75) is 25.8 Å². The van der Waals surface area contributed by atoms with Gasteiger partial charge in [-0.05, 0) is 29.7 Å². The predicted molar refractivity (Wildman–Crippen MR) is 87.3 cm³/mol. The van der Waals surface area contributed by atoms with Gasteiger partial charge in [-0.3, -0.25) is 4.79 Å². The Morgan fingerprint density at radius 2 is 1.86 bits per heavy atom. The monoisotopic (exact) mass is 299 g/mol. The van der Waals surface area contributed by atoms with Gasteiger partial charge in [0.2, 0.25) is 5.91 Å². The molecule has 1 atom stereocenters. The van der Waals surface area contributed by atoms with Gasteiger partial charge in [0.05, 0.1) is 6.04 Å². The van der Waals surface area contributed by atoms with E-state index in [1.54, 1.807) is 0 Å². The Kier molecular flexibility index (Phi) is 5.36. The van der Waals surface area contributed by atoms with Gasteiger partial charge in [0.1, 0.15) is 0 Å². The molecular formula is C17H21N3O2. The highest BCUT2D eigenvalue weighted by molar-refractivity contribution is 5.86. The number of benzene rings is 2. The topological polar surface area (TPSA) is 84.2 Å². The second-order valence-corrected chi connectivity index (χ2v) is 5.26. The summed E-state index contributed by atoms with van der Waals surface area (Å²) < 4.78 is 0. The van der Waals surface area contributed by atoms with Crippen LogP contribution in [-0.2, 0) is 4.79 Å². The van der Waals surface area contributed by atoms with E-state index in [1.807, 2.05) is 37.3 Å². The second kappa shape index (κ2) is 7.45. The fourth-order valence-electron chi connectivity index (χ4n) is 2.42. The van der Waals surface area contributed by atoms with Gasteiger partial charge in [0, 0.05) is 13.0 Å². The molecule has 0 fully saturated rings. The summed E-state index contributed by atoms with van der Waals surface area (Å²) in [4.78, 5) is 22.5. The van der Waals surface area contributed by atoms with Crippen molar-refractivity contribution in [3.8, 4) is 0 Å². The van der Waals surface area contributed by atoms with Crippen LogP contribution in [0.3, 0.4) is 0 Å². The molecular weight excluding hydrogens is 278 g/mol. The number of carbonyl (C=O) groups excluding carboxylic acids is 2. The summed E-state index contributed by atoms with van der Waals surface area (Å²) in [7, 11) is 0. The summed E-state index contributed by atoms with van der Waals surface area (Å²) in [6.07, 6.45) is 0.824. The quantitative estimate of drug-likeness (QED) is 0.716. The minimum Gasteiger partial charge on any atom is -0.370 e. The average Bonchev–Trinajstić information content (AvgIpc) is 2.50. The number of urea groups is 1. The van der Waals surface area contributed by atoms with E-state index in [0.717, 1.165) is 16.3 Å². The molecule has 0 aliphatic heterocycles. The predicted octanol–water partition coefficient (Wildman–Crippen LogP) is 2.47. The lowest BCUT2D eigenvalue weighted by molar-refractivity contribution is -0.118. The van der Waals surface area contributed by atoms with Crippen LogP contribution in [0.15, 0.2) is 42.5 Å². The first kappa shape index (κ1) is 15.8. The number of amides is 3. The largest absolute Gasteiger partial charge is 0.370 e. The zero-order chi connectivity index (χ0) is 15.9. The van der Waals surface area contributed by atoms with Crippen molar-refractivity contribution < 1.29 is 9.59 Å². The molecule has 0 aliphatic carbocycles. The smallest absolute Gasteiger partial charge is 0.315 e. The van der Waals surface area contributed by atoms with Gasteiger partial charge < -0.3 is 16.4 Å². The fraction of sp³-hybridized carbons (Fsp3) is 0.294. The number of hydrogen-bond acceptors (Lipinski definition) is 2. The molecule has 5 nitrogen and oxygen atoms in total. The van der Waals surface area contributed by atoms with E-state index >= 15 is 0 Å². The van der Waals surface area contributed by atoms with E-state index in [2.05, 4.69) is 22.8 Å². The Morgan fingerprint density at radius 3 is 2.64 bits per heavy atom. The van der Waals surface area contributed by atoms with E-state index in [9.17, 15) is 9.59 Å². The van der Waals surface area contributed by atoms with E-state index in [4.69, 9.17) is 5.73 Å². The molecule has 0 saturated carbocycles. The summed E-state index contributed by atoms with van der Waals surface area (Å²) in [5.74, 6) is -0.355. The highest BCUT2D eigenvalue weighted by Gasteiger charge is 2.11. The first-order valence-corrected chi connectivity index (χ1v) is 7.38. The van der Waals surface area contributed by atoms with Crippen LogP contribution < -0.4 is 16.4 Å². The number of nitrogens with two attached hydrogens (primary N) is 1. The Balaban J connectivity index is 1.95. The molecule has 0 bridgehead atoms. The first-order chi connectivity index (χ1) is 10.6. The highest BCUT2D eigenvalue weighted by atomic mass is 16.2. The lowest BCUT2D eigenvalue weighted by Crippen LogP contribution is -2.37. The summed E-state index contributed by atoms with van der Waals surface area (Å²) in [6.45, 7) is 2.38. The van der Waals surface area contributed by atoms with Crippen LogP contribution in [0.2, 0.25) is 0 Å². The minimum absolute atomic E-state index is 0.109. The van der Waals surface area contributed by atoms with Gasteiger partial charge in [-0.25, -0.2) is 4.79 Å². The molecule has 0 aliphatic rings. The molecule has 116 valence electrons. The van der Waals surface area contributed by atoms with Gasteiger partial charge in [0.15, 0.2) is 0 Å². The van der Waals surface area contributed by atoms with Crippen molar-refractivity contribution >= 4 is 22.7 Å². The van der Waals surface area contributed by atoms with Crippen molar-refractivity contribution in [2.24, 2.45) is 5.73 Å². The van der Waals surface area contributed by atoms with Gasteiger partial charge in [-0.2, -0.15) is 0 Å². The van der Waals surface area contributed by atoms with Crippen molar-refractivity contribution in [3.63, 3.8) is 0 Å². The average molecular weight is 299 g/mol. The molecule has 0 radical (unpaired) electrons. The van der Waals surface area contributed by atoms with E-state index in [-0.39, 0.29) is 24.4 Å². The maximum absolute atomic E-state index is 11.9. The molecule has 2 aromatic carbocycles. The van der Waals surface area contributed by atoms with Gasteiger partial charge in [-0.15, -0.1) is 0 Å². The fourth-order valence-corrected chi connectivity index (χ4v) is 2.42.